The number of fused-ring (bicyclic) bond motifs is 1. The lowest BCUT2D eigenvalue weighted by Crippen LogP contribution is -1.87. The SMILES string of the molecule is Nc1ccc(-c2nc3ccc(Br)cc3[nH]2)cc1Cl. The summed E-state index contributed by atoms with van der Waals surface area (Å²) >= 11 is 9.45. The standard InChI is InChI=1S/C13H9BrClN3/c14-8-2-4-11-12(6-8)18-13(17-11)7-1-3-10(16)9(15)5-7/h1-6H,16H2,(H,17,18). The Hall–Kier alpha value is -1.52. The van der Waals surface area contributed by atoms with E-state index in [1.165, 1.54) is 0 Å². The summed E-state index contributed by atoms with van der Waals surface area (Å²) in [6, 6.07) is 11.4. The van der Waals surface area contributed by atoms with Gasteiger partial charge >= 0.3 is 0 Å². The fourth-order valence-corrected chi connectivity index (χ4v) is 2.33. The van der Waals surface area contributed by atoms with Crippen molar-refractivity contribution in [3.8, 4) is 11.4 Å². The maximum atomic E-state index is 6.01. The number of imidazole rings is 1. The minimum absolute atomic E-state index is 0.536. The van der Waals surface area contributed by atoms with Gasteiger partial charge in [0.1, 0.15) is 5.82 Å². The molecule has 3 rings (SSSR count). The van der Waals surface area contributed by atoms with Crippen molar-refractivity contribution in [2.75, 3.05) is 5.73 Å². The van der Waals surface area contributed by atoms with Gasteiger partial charge in [0, 0.05) is 10.0 Å². The molecule has 2 aromatic carbocycles. The smallest absolute Gasteiger partial charge is 0.138 e. The van der Waals surface area contributed by atoms with Gasteiger partial charge in [-0.2, -0.15) is 0 Å². The Balaban J connectivity index is 2.16. The van der Waals surface area contributed by atoms with E-state index in [1.54, 1.807) is 6.07 Å². The van der Waals surface area contributed by atoms with Crippen molar-refractivity contribution in [1.29, 1.82) is 0 Å². The van der Waals surface area contributed by atoms with Crippen LogP contribution >= 0.6 is 27.5 Å². The number of halogens is 2. The highest BCUT2D eigenvalue weighted by molar-refractivity contribution is 9.10. The molecule has 3 nitrogen and oxygen atoms in total. The molecule has 1 aromatic heterocycles. The van der Waals surface area contributed by atoms with E-state index in [0.29, 0.717) is 10.7 Å². The Kier molecular flexibility index (Phi) is 2.76. The molecule has 0 unspecified atom stereocenters. The summed E-state index contributed by atoms with van der Waals surface area (Å²) in [5.74, 6) is 0.782. The van der Waals surface area contributed by atoms with E-state index in [1.807, 2.05) is 30.3 Å². The van der Waals surface area contributed by atoms with Gasteiger partial charge in [0.25, 0.3) is 0 Å². The number of anilines is 1. The van der Waals surface area contributed by atoms with Crippen LogP contribution in [-0.4, -0.2) is 9.97 Å². The third-order valence-electron chi connectivity index (χ3n) is 2.72. The number of aromatic amines is 1. The van der Waals surface area contributed by atoms with Gasteiger partial charge in [-0.05, 0) is 36.4 Å². The van der Waals surface area contributed by atoms with Crippen LogP contribution < -0.4 is 5.73 Å². The Labute approximate surface area is 117 Å². The Morgan fingerprint density at radius 1 is 1.17 bits per heavy atom. The normalized spacial score (nSPS) is 11.0. The zero-order valence-corrected chi connectivity index (χ0v) is 11.6. The van der Waals surface area contributed by atoms with Crippen LogP contribution in [0.2, 0.25) is 5.02 Å². The number of nitrogens with one attached hydrogen (secondary N) is 1. The molecule has 0 fully saturated rings. The van der Waals surface area contributed by atoms with E-state index in [9.17, 15) is 0 Å². The van der Waals surface area contributed by atoms with Gasteiger partial charge in [-0.25, -0.2) is 4.98 Å². The minimum atomic E-state index is 0.536. The summed E-state index contributed by atoms with van der Waals surface area (Å²) in [6.45, 7) is 0. The number of nitrogens with two attached hydrogens (primary N) is 1. The molecule has 0 amide bonds. The van der Waals surface area contributed by atoms with E-state index in [4.69, 9.17) is 17.3 Å². The van der Waals surface area contributed by atoms with Crippen molar-refractivity contribution in [2.24, 2.45) is 0 Å². The van der Waals surface area contributed by atoms with Gasteiger partial charge < -0.3 is 10.7 Å². The fourth-order valence-electron chi connectivity index (χ4n) is 1.79. The molecule has 0 saturated heterocycles. The quantitative estimate of drug-likeness (QED) is 0.659. The monoisotopic (exact) mass is 321 g/mol. The molecule has 1 heterocycles. The zero-order chi connectivity index (χ0) is 12.7. The highest BCUT2D eigenvalue weighted by atomic mass is 79.9. The maximum absolute atomic E-state index is 6.01. The highest BCUT2D eigenvalue weighted by Crippen LogP contribution is 2.27. The molecule has 0 aliphatic rings. The molecular weight excluding hydrogens is 314 g/mol. The van der Waals surface area contributed by atoms with Crippen LogP contribution in [-0.2, 0) is 0 Å². The van der Waals surface area contributed by atoms with Crippen molar-refractivity contribution in [2.45, 2.75) is 0 Å². The number of aromatic nitrogens is 2. The second kappa shape index (κ2) is 4.30. The van der Waals surface area contributed by atoms with Crippen LogP contribution in [0.3, 0.4) is 0 Å². The third-order valence-corrected chi connectivity index (χ3v) is 3.54. The first-order valence-corrected chi connectivity index (χ1v) is 6.51. The number of hydrogen-bond acceptors (Lipinski definition) is 2. The Bertz CT molecular complexity index is 736. The summed E-state index contributed by atoms with van der Waals surface area (Å²) in [7, 11) is 0. The van der Waals surface area contributed by atoms with Crippen molar-refractivity contribution in [3.63, 3.8) is 0 Å². The number of nitrogen functional groups attached to an aromatic ring is 1. The molecule has 0 saturated carbocycles. The fraction of sp³-hybridized carbons (Fsp3) is 0. The van der Waals surface area contributed by atoms with Crippen molar-refractivity contribution in [3.05, 3.63) is 45.9 Å². The third kappa shape index (κ3) is 1.98. The first-order valence-electron chi connectivity index (χ1n) is 5.34. The van der Waals surface area contributed by atoms with Crippen LogP contribution in [0, 0.1) is 0 Å². The molecule has 0 aliphatic carbocycles. The molecule has 3 N–H and O–H groups in total. The molecule has 0 aliphatic heterocycles. The highest BCUT2D eigenvalue weighted by Gasteiger charge is 2.07. The summed E-state index contributed by atoms with van der Waals surface area (Å²) in [5.41, 5.74) is 9.08. The van der Waals surface area contributed by atoms with Crippen LogP contribution in [0.15, 0.2) is 40.9 Å². The predicted octanol–water partition coefficient (Wildman–Crippen LogP) is 4.23. The van der Waals surface area contributed by atoms with Crippen LogP contribution in [0.1, 0.15) is 0 Å². The zero-order valence-electron chi connectivity index (χ0n) is 9.24. The van der Waals surface area contributed by atoms with Gasteiger partial charge in [0.2, 0.25) is 0 Å². The van der Waals surface area contributed by atoms with Crippen molar-refractivity contribution >= 4 is 44.3 Å². The number of hydrogen-bond donors (Lipinski definition) is 2. The maximum Gasteiger partial charge on any atom is 0.138 e. The molecule has 0 atom stereocenters. The summed E-state index contributed by atoms with van der Waals surface area (Å²) < 4.78 is 1.01. The van der Waals surface area contributed by atoms with Gasteiger partial charge in [-0.15, -0.1) is 0 Å². The van der Waals surface area contributed by atoms with E-state index in [2.05, 4.69) is 25.9 Å². The van der Waals surface area contributed by atoms with E-state index in [-0.39, 0.29) is 0 Å². The van der Waals surface area contributed by atoms with Crippen LogP contribution in [0.4, 0.5) is 5.69 Å². The van der Waals surface area contributed by atoms with E-state index in [0.717, 1.165) is 26.9 Å². The van der Waals surface area contributed by atoms with Gasteiger partial charge in [-0.3, -0.25) is 0 Å². The average Bonchev–Trinajstić information content (AvgIpc) is 2.75. The molecule has 0 radical (unpaired) electrons. The molecule has 3 aromatic rings. The van der Waals surface area contributed by atoms with Gasteiger partial charge in [-0.1, -0.05) is 27.5 Å². The average molecular weight is 323 g/mol. The number of rotatable bonds is 1. The molecule has 0 spiro atoms. The summed E-state index contributed by atoms with van der Waals surface area (Å²) in [6.07, 6.45) is 0. The lowest BCUT2D eigenvalue weighted by atomic mass is 10.2. The molecule has 18 heavy (non-hydrogen) atoms. The first-order chi connectivity index (χ1) is 8.63. The Morgan fingerprint density at radius 2 is 2.00 bits per heavy atom. The van der Waals surface area contributed by atoms with Crippen LogP contribution in [0.25, 0.3) is 22.4 Å². The van der Waals surface area contributed by atoms with E-state index < -0.39 is 0 Å². The number of benzene rings is 2. The molecule has 5 heteroatoms. The second-order valence-corrected chi connectivity index (χ2v) is 5.31. The van der Waals surface area contributed by atoms with Crippen molar-refractivity contribution in [1.82, 2.24) is 9.97 Å². The first kappa shape index (κ1) is 11.6. The van der Waals surface area contributed by atoms with Crippen molar-refractivity contribution < 1.29 is 0 Å². The summed E-state index contributed by atoms with van der Waals surface area (Å²) in [4.78, 5) is 7.78. The minimum Gasteiger partial charge on any atom is -0.398 e. The van der Waals surface area contributed by atoms with Gasteiger partial charge in [0.05, 0.1) is 21.7 Å². The summed E-state index contributed by atoms with van der Waals surface area (Å²) in [5, 5.41) is 0.536. The number of H-pyrrole nitrogens is 1. The second-order valence-electron chi connectivity index (χ2n) is 3.98. The largest absolute Gasteiger partial charge is 0.398 e. The van der Waals surface area contributed by atoms with Gasteiger partial charge in [0.15, 0.2) is 0 Å². The topological polar surface area (TPSA) is 54.7 Å². The Morgan fingerprint density at radius 3 is 2.78 bits per heavy atom. The molecular formula is C13H9BrClN3. The number of nitrogens with zero attached hydrogens (tertiary/aromatic N) is 1. The molecule has 0 bridgehead atoms. The van der Waals surface area contributed by atoms with Crippen LogP contribution in [0.5, 0.6) is 0 Å². The lowest BCUT2D eigenvalue weighted by molar-refractivity contribution is 1.34. The predicted molar refractivity (Wildman–Crippen MR) is 78.7 cm³/mol. The lowest BCUT2D eigenvalue weighted by Gasteiger charge is -2.00. The van der Waals surface area contributed by atoms with E-state index >= 15 is 0 Å². The molecule has 90 valence electrons.